The third kappa shape index (κ3) is 4.81. The van der Waals surface area contributed by atoms with Gasteiger partial charge in [0, 0.05) is 17.3 Å². The number of methoxy groups -OCH3 is 1. The first-order valence-corrected chi connectivity index (χ1v) is 8.33. The predicted molar refractivity (Wildman–Crippen MR) is 98.9 cm³/mol. The zero-order valence-electron chi connectivity index (χ0n) is 15.4. The van der Waals surface area contributed by atoms with E-state index in [0.717, 1.165) is 5.56 Å². The van der Waals surface area contributed by atoms with Crippen molar-refractivity contribution in [3.05, 3.63) is 59.4 Å². The Balaban J connectivity index is 2.13. The van der Waals surface area contributed by atoms with Crippen molar-refractivity contribution in [1.82, 2.24) is 4.90 Å². The van der Waals surface area contributed by atoms with Crippen LogP contribution in [-0.2, 0) is 4.79 Å². The van der Waals surface area contributed by atoms with Gasteiger partial charge in [-0.2, -0.15) is 0 Å². The van der Waals surface area contributed by atoms with E-state index in [2.05, 4.69) is 5.32 Å². The van der Waals surface area contributed by atoms with Crippen molar-refractivity contribution in [1.29, 1.82) is 0 Å². The van der Waals surface area contributed by atoms with E-state index in [9.17, 15) is 14.0 Å². The van der Waals surface area contributed by atoms with Gasteiger partial charge in [-0.25, -0.2) is 4.39 Å². The molecule has 0 saturated carbocycles. The summed E-state index contributed by atoms with van der Waals surface area (Å²) in [5, 5.41) is 2.67. The highest BCUT2D eigenvalue weighted by molar-refractivity contribution is 5.99. The molecule has 0 aliphatic carbocycles. The first-order chi connectivity index (χ1) is 12.3. The molecule has 1 N–H and O–H groups in total. The number of halogens is 1. The van der Waals surface area contributed by atoms with E-state index in [1.807, 2.05) is 26.8 Å². The van der Waals surface area contributed by atoms with Crippen molar-refractivity contribution >= 4 is 17.5 Å². The molecular formula is C20H23FN2O3. The summed E-state index contributed by atoms with van der Waals surface area (Å²) < 4.78 is 18.2. The highest BCUT2D eigenvalue weighted by Gasteiger charge is 2.22. The molecule has 6 heteroatoms. The maximum atomic E-state index is 12.9. The van der Waals surface area contributed by atoms with Crippen LogP contribution >= 0.6 is 0 Å². The molecule has 0 heterocycles. The molecule has 2 aromatic carbocycles. The van der Waals surface area contributed by atoms with Gasteiger partial charge in [-0.3, -0.25) is 9.59 Å². The Labute approximate surface area is 152 Å². The van der Waals surface area contributed by atoms with Gasteiger partial charge in [0.05, 0.1) is 7.11 Å². The second kappa shape index (κ2) is 8.47. The van der Waals surface area contributed by atoms with E-state index in [1.165, 1.54) is 29.2 Å². The fraction of sp³-hybridized carbons (Fsp3) is 0.300. The Kier molecular flexibility index (Phi) is 6.33. The summed E-state index contributed by atoms with van der Waals surface area (Å²) in [7, 11) is 1.55. The summed E-state index contributed by atoms with van der Waals surface area (Å²) in [5.41, 5.74) is 1.86. The minimum absolute atomic E-state index is 0.107. The van der Waals surface area contributed by atoms with Gasteiger partial charge in [-0.1, -0.05) is 6.07 Å². The van der Waals surface area contributed by atoms with Gasteiger partial charge in [0.1, 0.15) is 18.1 Å². The zero-order chi connectivity index (χ0) is 19.3. The number of nitrogens with zero attached hydrogens (tertiary/aromatic N) is 1. The highest BCUT2D eigenvalue weighted by Crippen LogP contribution is 2.20. The van der Waals surface area contributed by atoms with Crippen LogP contribution in [0.1, 0.15) is 29.8 Å². The third-order valence-electron chi connectivity index (χ3n) is 3.98. The van der Waals surface area contributed by atoms with Gasteiger partial charge in [0.2, 0.25) is 5.91 Å². The van der Waals surface area contributed by atoms with E-state index in [4.69, 9.17) is 4.74 Å². The van der Waals surface area contributed by atoms with E-state index >= 15 is 0 Å². The van der Waals surface area contributed by atoms with Gasteiger partial charge in [0.25, 0.3) is 5.91 Å². The van der Waals surface area contributed by atoms with Crippen LogP contribution in [0.25, 0.3) is 0 Å². The number of benzene rings is 2. The van der Waals surface area contributed by atoms with Gasteiger partial charge >= 0.3 is 0 Å². The normalized spacial score (nSPS) is 10.5. The quantitative estimate of drug-likeness (QED) is 0.858. The Morgan fingerprint density at radius 3 is 2.38 bits per heavy atom. The molecule has 0 aromatic heterocycles. The summed E-state index contributed by atoms with van der Waals surface area (Å²) >= 11 is 0. The molecule has 26 heavy (non-hydrogen) atoms. The second-order valence-electron chi connectivity index (χ2n) is 6.27. The number of amides is 2. The summed E-state index contributed by atoms with van der Waals surface area (Å²) in [4.78, 5) is 26.6. The topological polar surface area (TPSA) is 58.6 Å². The minimum Gasteiger partial charge on any atom is -0.496 e. The van der Waals surface area contributed by atoms with Crippen molar-refractivity contribution in [3.63, 3.8) is 0 Å². The van der Waals surface area contributed by atoms with E-state index in [-0.39, 0.29) is 30.2 Å². The van der Waals surface area contributed by atoms with Crippen LogP contribution < -0.4 is 10.1 Å². The molecule has 0 fully saturated rings. The Morgan fingerprint density at radius 2 is 1.81 bits per heavy atom. The lowest BCUT2D eigenvalue weighted by Gasteiger charge is -2.26. The SMILES string of the molecule is COc1cc(C(=O)N(CC(=O)Nc2ccc(F)cc2)C(C)C)ccc1C. The van der Waals surface area contributed by atoms with Crippen LogP contribution in [0.2, 0.25) is 0 Å². The summed E-state index contributed by atoms with van der Waals surface area (Å²) in [6.45, 7) is 5.47. The van der Waals surface area contributed by atoms with Crippen LogP contribution in [0.3, 0.4) is 0 Å². The summed E-state index contributed by atoms with van der Waals surface area (Å²) in [6.07, 6.45) is 0. The summed E-state index contributed by atoms with van der Waals surface area (Å²) in [6, 6.07) is 10.5. The lowest BCUT2D eigenvalue weighted by atomic mass is 10.1. The molecule has 0 spiro atoms. The first kappa shape index (κ1) is 19.4. The molecule has 2 rings (SSSR count). The Bertz CT molecular complexity index is 788. The van der Waals surface area contributed by atoms with Crippen molar-refractivity contribution in [2.75, 3.05) is 19.0 Å². The average molecular weight is 358 g/mol. The standard InChI is InChI=1S/C20H23FN2O3/c1-13(2)23(12-19(24)22-17-9-7-16(21)8-10-17)20(25)15-6-5-14(3)18(11-15)26-4/h5-11,13H,12H2,1-4H3,(H,22,24). The number of ether oxygens (including phenoxy) is 1. The number of anilines is 1. The number of aryl methyl sites for hydroxylation is 1. The van der Waals surface area contributed by atoms with E-state index < -0.39 is 0 Å². The molecule has 2 aromatic rings. The zero-order valence-corrected chi connectivity index (χ0v) is 15.4. The monoisotopic (exact) mass is 358 g/mol. The number of carbonyl (C=O) groups excluding carboxylic acids is 2. The molecule has 0 radical (unpaired) electrons. The third-order valence-corrected chi connectivity index (χ3v) is 3.98. The maximum absolute atomic E-state index is 12.9. The number of carbonyl (C=O) groups is 2. The van der Waals surface area contributed by atoms with Crippen LogP contribution in [0, 0.1) is 12.7 Å². The maximum Gasteiger partial charge on any atom is 0.254 e. The van der Waals surface area contributed by atoms with Crippen molar-refractivity contribution in [3.8, 4) is 5.75 Å². The van der Waals surface area contributed by atoms with Crippen LogP contribution in [-0.4, -0.2) is 36.4 Å². The minimum atomic E-state index is -0.379. The fourth-order valence-corrected chi connectivity index (χ4v) is 2.50. The molecule has 0 bridgehead atoms. The highest BCUT2D eigenvalue weighted by atomic mass is 19.1. The molecular weight excluding hydrogens is 335 g/mol. The van der Waals surface area contributed by atoms with Crippen molar-refractivity contribution < 1.29 is 18.7 Å². The number of rotatable bonds is 6. The largest absolute Gasteiger partial charge is 0.496 e. The smallest absolute Gasteiger partial charge is 0.254 e. The van der Waals surface area contributed by atoms with Crippen LogP contribution in [0.5, 0.6) is 5.75 Å². The van der Waals surface area contributed by atoms with Crippen LogP contribution in [0.15, 0.2) is 42.5 Å². The molecule has 2 amide bonds. The van der Waals surface area contributed by atoms with Gasteiger partial charge in [-0.05, 0) is 62.7 Å². The van der Waals surface area contributed by atoms with E-state index in [1.54, 1.807) is 19.2 Å². The van der Waals surface area contributed by atoms with Gasteiger partial charge in [0.15, 0.2) is 0 Å². The van der Waals surface area contributed by atoms with E-state index in [0.29, 0.717) is 17.0 Å². The van der Waals surface area contributed by atoms with Crippen LogP contribution in [0.4, 0.5) is 10.1 Å². The summed E-state index contributed by atoms with van der Waals surface area (Å²) in [5.74, 6) is -0.365. The Hall–Kier alpha value is -2.89. The number of hydrogen-bond acceptors (Lipinski definition) is 3. The second-order valence-corrected chi connectivity index (χ2v) is 6.27. The fourth-order valence-electron chi connectivity index (χ4n) is 2.50. The lowest BCUT2D eigenvalue weighted by Crippen LogP contribution is -2.42. The number of hydrogen-bond donors (Lipinski definition) is 1. The average Bonchev–Trinajstić information content (AvgIpc) is 2.61. The number of nitrogens with one attached hydrogen (secondary N) is 1. The molecule has 0 aliphatic rings. The molecule has 0 aliphatic heterocycles. The molecule has 138 valence electrons. The Morgan fingerprint density at radius 1 is 1.15 bits per heavy atom. The van der Waals surface area contributed by atoms with Crippen molar-refractivity contribution in [2.24, 2.45) is 0 Å². The van der Waals surface area contributed by atoms with Crippen molar-refractivity contribution in [2.45, 2.75) is 26.8 Å². The molecule has 5 nitrogen and oxygen atoms in total. The molecule has 0 unspecified atom stereocenters. The first-order valence-electron chi connectivity index (χ1n) is 8.33. The van der Waals surface area contributed by atoms with Gasteiger partial charge < -0.3 is 15.0 Å². The van der Waals surface area contributed by atoms with Gasteiger partial charge in [-0.15, -0.1) is 0 Å². The predicted octanol–water partition coefficient (Wildman–Crippen LogP) is 3.63. The molecule has 0 atom stereocenters. The lowest BCUT2D eigenvalue weighted by molar-refractivity contribution is -0.117. The molecule has 0 saturated heterocycles.